The number of aliphatic hydroxyl groups excluding tert-OH is 1. The Labute approximate surface area is 189 Å². The number of fused-ring (bicyclic) bond motifs is 5. The molecule has 0 aromatic rings. The van der Waals surface area contributed by atoms with Gasteiger partial charge in [-0.05, 0) is 105 Å². The number of aliphatic hydroxyl groups is 1. The van der Waals surface area contributed by atoms with E-state index in [4.69, 9.17) is 0 Å². The lowest BCUT2D eigenvalue weighted by atomic mass is 9.44. The van der Waals surface area contributed by atoms with Gasteiger partial charge in [0.25, 0.3) is 0 Å². The van der Waals surface area contributed by atoms with Crippen LogP contribution >= 0.6 is 0 Å². The van der Waals surface area contributed by atoms with Crippen molar-refractivity contribution in [3.63, 3.8) is 0 Å². The van der Waals surface area contributed by atoms with Crippen LogP contribution in [0.1, 0.15) is 98.8 Å². The second-order valence-electron chi connectivity index (χ2n) is 12.5. The number of ketones is 1. The highest BCUT2D eigenvalue weighted by molar-refractivity contribution is 5.79. The van der Waals surface area contributed by atoms with E-state index in [0.717, 1.165) is 25.7 Å². The molecule has 0 heterocycles. The standard InChI is InChI=1S/C27H45NO3/c1-16(2)28-24(31)9-6-17(3)20-7-8-21-25-22(11-13-27(20,21)5)26(4)12-10-19(29)14-18(26)15-23(25)30/h16-18,20-23,25,30H,6-15H2,1-5H3,(H,28,31)/t17-,18?,20-,21?,22?,23+,25?,26+,27-/m1/s1. The zero-order valence-electron chi connectivity index (χ0n) is 20.5. The third-order valence-corrected chi connectivity index (χ3v) is 10.5. The van der Waals surface area contributed by atoms with E-state index in [1.807, 2.05) is 13.8 Å². The SMILES string of the molecule is CC(C)NC(=O)CC[C@@H](C)[C@H]1CCC2C3C(CC[C@@]21C)[C@@]1(C)CCC(=O)CC1C[C@@H]3O. The summed E-state index contributed by atoms with van der Waals surface area (Å²) in [6.07, 6.45) is 9.53. The lowest BCUT2D eigenvalue weighted by Gasteiger charge is -2.62. The van der Waals surface area contributed by atoms with Crippen LogP contribution in [-0.4, -0.2) is 28.9 Å². The molecule has 0 aliphatic heterocycles. The Hall–Kier alpha value is -0.900. The Morgan fingerprint density at radius 1 is 1.10 bits per heavy atom. The molecule has 4 fully saturated rings. The summed E-state index contributed by atoms with van der Waals surface area (Å²) in [5.41, 5.74) is 0.515. The number of carbonyl (C=O) groups excluding carboxylic acids is 2. The van der Waals surface area contributed by atoms with Gasteiger partial charge in [-0.1, -0.05) is 20.8 Å². The van der Waals surface area contributed by atoms with Gasteiger partial charge in [0, 0.05) is 25.3 Å². The minimum atomic E-state index is -0.246. The van der Waals surface area contributed by atoms with Gasteiger partial charge in [0.05, 0.1) is 6.10 Å². The quantitative estimate of drug-likeness (QED) is 0.634. The van der Waals surface area contributed by atoms with E-state index >= 15 is 0 Å². The lowest BCUT2D eigenvalue weighted by molar-refractivity contribution is -0.168. The highest BCUT2D eigenvalue weighted by Gasteiger charge is 2.62. The molecule has 1 amide bonds. The lowest BCUT2D eigenvalue weighted by Crippen LogP contribution is -2.58. The monoisotopic (exact) mass is 431 g/mol. The van der Waals surface area contributed by atoms with Crippen LogP contribution in [0.2, 0.25) is 0 Å². The normalized spacial score (nSPS) is 45.6. The maximum atomic E-state index is 12.2. The van der Waals surface area contributed by atoms with E-state index in [-0.39, 0.29) is 28.9 Å². The third kappa shape index (κ3) is 4.00. The first-order chi connectivity index (χ1) is 14.6. The molecule has 0 aromatic carbocycles. The Kier molecular flexibility index (Phi) is 6.35. The first kappa shape index (κ1) is 23.3. The highest BCUT2D eigenvalue weighted by atomic mass is 16.3. The number of hydrogen-bond acceptors (Lipinski definition) is 3. The van der Waals surface area contributed by atoms with Crippen LogP contribution in [-0.2, 0) is 9.59 Å². The van der Waals surface area contributed by atoms with Gasteiger partial charge in [-0.25, -0.2) is 0 Å². The molecule has 4 aliphatic rings. The van der Waals surface area contributed by atoms with E-state index in [1.54, 1.807) is 0 Å². The molecular formula is C27H45NO3. The molecule has 4 rings (SSSR count). The minimum absolute atomic E-state index is 0.179. The molecule has 0 spiro atoms. The highest BCUT2D eigenvalue weighted by Crippen LogP contribution is 2.68. The van der Waals surface area contributed by atoms with Crippen molar-refractivity contribution in [3.8, 4) is 0 Å². The van der Waals surface area contributed by atoms with Gasteiger partial charge in [-0.3, -0.25) is 9.59 Å². The topological polar surface area (TPSA) is 66.4 Å². The fraction of sp³-hybridized carbons (Fsp3) is 0.926. The van der Waals surface area contributed by atoms with Crippen molar-refractivity contribution in [2.45, 2.75) is 111 Å². The predicted octanol–water partition coefficient (Wildman–Crippen LogP) is 5.13. The summed E-state index contributed by atoms with van der Waals surface area (Å²) in [4.78, 5) is 24.3. The summed E-state index contributed by atoms with van der Waals surface area (Å²) < 4.78 is 0. The Morgan fingerprint density at radius 2 is 1.81 bits per heavy atom. The summed E-state index contributed by atoms with van der Waals surface area (Å²) in [5, 5.41) is 14.4. The van der Waals surface area contributed by atoms with E-state index in [9.17, 15) is 14.7 Å². The number of rotatable bonds is 5. The van der Waals surface area contributed by atoms with Crippen LogP contribution in [0.15, 0.2) is 0 Å². The Bertz CT molecular complexity index is 705. The summed E-state index contributed by atoms with van der Waals surface area (Å²) in [6.45, 7) is 11.3. The average Bonchev–Trinajstić information content (AvgIpc) is 3.04. The van der Waals surface area contributed by atoms with Gasteiger partial charge in [-0.15, -0.1) is 0 Å². The molecule has 0 saturated heterocycles. The molecule has 4 saturated carbocycles. The molecule has 31 heavy (non-hydrogen) atoms. The molecule has 4 nitrogen and oxygen atoms in total. The van der Waals surface area contributed by atoms with Gasteiger partial charge < -0.3 is 10.4 Å². The number of amides is 1. The van der Waals surface area contributed by atoms with Crippen molar-refractivity contribution in [1.29, 1.82) is 0 Å². The average molecular weight is 432 g/mol. The van der Waals surface area contributed by atoms with Gasteiger partial charge >= 0.3 is 0 Å². The zero-order chi connectivity index (χ0) is 22.6. The second kappa shape index (κ2) is 8.47. The summed E-state index contributed by atoms with van der Waals surface area (Å²) in [7, 11) is 0. The third-order valence-electron chi connectivity index (χ3n) is 10.5. The van der Waals surface area contributed by atoms with E-state index in [0.29, 0.717) is 54.1 Å². The maximum Gasteiger partial charge on any atom is 0.220 e. The van der Waals surface area contributed by atoms with E-state index in [2.05, 4.69) is 26.1 Å². The molecular weight excluding hydrogens is 386 g/mol. The number of Topliss-reactive ketones (excluding diaryl/α,β-unsaturated/α-hetero) is 1. The van der Waals surface area contributed by atoms with Crippen LogP contribution < -0.4 is 5.32 Å². The van der Waals surface area contributed by atoms with Crippen molar-refractivity contribution in [2.75, 3.05) is 0 Å². The molecule has 2 N–H and O–H groups in total. The minimum Gasteiger partial charge on any atom is -0.393 e. The maximum absolute atomic E-state index is 12.2. The Morgan fingerprint density at radius 3 is 2.52 bits per heavy atom. The van der Waals surface area contributed by atoms with E-state index < -0.39 is 0 Å². The number of nitrogens with one attached hydrogen (secondary N) is 1. The van der Waals surface area contributed by atoms with Gasteiger partial charge in [0.15, 0.2) is 0 Å². The smallest absolute Gasteiger partial charge is 0.220 e. The Balaban J connectivity index is 1.48. The summed E-state index contributed by atoms with van der Waals surface area (Å²) >= 11 is 0. The largest absolute Gasteiger partial charge is 0.393 e. The van der Waals surface area contributed by atoms with Crippen LogP contribution in [0, 0.1) is 46.3 Å². The van der Waals surface area contributed by atoms with Crippen molar-refractivity contribution in [2.24, 2.45) is 46.3 Å². The zero-order valence-corrected chi connectivity index (χ0v) is 20.5. The van der Waals surface area contributed by atoms with Crippen LogP contribution in [0.3, 0.4) is 0 Å². The molecule has 4 unspecified atom stereocenters. The fourth-order valence-electron chi connectivity index (χ4n) is 8.94. The first-order valence-corrected chi connectivity index (χ1v) is 13.1. The second-order valence-corrected chi connectivity index (χ2v) is 12.5. The van der Waals surface area contributed by atoms with Crippen LogP contribution in [0.5, 0.6) is 0 Å². The van der Waals surface area contributed by atoms with Gasteiger partial charge in [-0.2, -0.15) is 0 Å². The fourth-order valence-corrected chi connectivity index (χ4v) is 8.94. The molecule has 176 valence electrons. The van der Waals surface area contributed by atoms with Crippen molar-refractivity contribution in [3.05, 3.63) is 0 Å². The summed E-state index contributed by atoms with van der Waals surface area (Å²) in [5.74, 6) is 3.71. The van der Waals surface area contributed by atoms with E-state index in [1.165, 1.54) is 25.7 Å². The molecule has 9 atom stereocenters. The molecule has 4 heteroatoms. The molecule has 0 bridgehead atoms. The first-order valence-electron chi connectivity index (χ1n) is 13.1. The van der Waals surface area contributed by atoms with Crippen molar-refractivity contribution < 1.29 is 14.7 Å². The van der Waals surface area contributed by atoms with Crippen LogP contribution in [0.25, 0.3) is 0 Å². The summed E-state index contributed by atoms with van der Waals surface area (Å²) in [6, 6.07) is 0.208. The molecule has 0 aromatic heterocycles. The van der Waals surface area contributed by atoms with Crippen molar-refractivity contribution in [1.82, 2.24) is 5.32 Å². The van der Waals surface area contributed by atoms with Gasteiger partial charge in [0.2, 0.25) is 5.91 Å². The number of hydrogen-bond donors (Lipinski definition) is 2. The van der Waals surface area contributed by atoms with Gasteiger partial charge in [0.1, 0.15) is 5.78 Å². The molecule has 0 radical (unpaired) electrons. The van der Waals surface area contributed by atoms with Crippen LogP contribution in [0.4, 0.5) is 0 Å². The predicted molar refractivity (Wildman–Crippen MR) is 123 cm³/mol. The van der Waals surface area contributed by atoms with Crippen molar-refractivity contribution >= 4 is 11.7 Å². The molecule has 4 aliphatic carbocycles. The number of carbonyl (C=O) groups is 2.